The van der Waals surface area contributed by atoms with E-state index in [1.165, 1.54) is 0 Å². The summed E-state index contributed by atoms with van der Waals surface area (Å²) in [6.07, 6.45) is 0. The predicted octanol–water partition coefficient (Wildman–Crippen LogP) is 2.80. The van der Waals surface area contributed by atoms with E-state index in [-0.39, 0.29) is 0 Å². The summed E-state index contributed by atoms with van der Waals surface area (Å²) in [5.41, 5.74) is -1.90. The van der Waals surface area contributed by atoms with Gasteiger partial charge in [0.2, 0.25) is 11.6 Å². The lowest BCUT2D eigenvalue weighted by Gasteiger charge is -2.00. The number of nitro benzene ring substituents is 1. The van der Waals surface area contributed by atoms with Crippen molar-refractivity contribution in [2.24, 2.45) is 0 Å². The maximum atomic E-state index is 12.6. The summed E-state index contributed by atoms with van der Waals surface area (Å²) in [4.78, 5) is 8.43. The minimum Gasteiger partial charge on any atom is -0.258 e. The van der Waals surface area contributed by atoms with Crippen LogP contribution in [0.5, 0.6) is 0 Å². The highest BCUT2D eigenvalue weighted by molar-refractivity contribution is 6.31. The van der Waals surface area contributed by atoms with Crippen molar-refractivity contribution in [3.63, 3.8) is 0 Å². The van der Waals surface area contributed by atoms with Gasteiger partial charge in [0.1, 0.15) is 5.02 Å². The molecule has 0 atom stereocenters. The second-order valence-electron chi connectivity index (χ2n) is 2.18. The number of nitro groups is 1. The Bertz CT molecular complexity index is 394. The van der Waals surface area contributed by atoms with E-state index in [4.69, 9.17) is 11.6 Å². The lowest BCUT2D eigenvalue weighted by Crippen LogP contribution is -2.03. The van der Waals surface area contributed by atoms with Gasteiger partial charge < -0.3 is 0 Å². The molecule has 0 fully saturated rings. The summed E-state index contributed by atoms with van der Waals surface area (Å²) in [6, 6.07) is 0. The third kappa shape index (κ3) is 1.39. The van der Waals surface area contributed by atoms with Gasteiger partial charge in [0, 0.05) is 0 Å². The summed E-state index contributed by atoms with van der Waals surface area (Å²) in [5, 5.41) is 8.55. The van der Waals surface area contributed by atoms with Gasteiger partial charge >= 0.3 is 5.69 Å². The molecule has 0 bridgehead atoms. The van der Waals surface area contributed by atoms with Crippen molar-refractivity contribution in [2.75, 3.05) is 0 Å². The summed E-state index contributed by atoms with van der Waals surface area (Å²) in [5.74, 6) is -8.23. The minimum atomic E-state index is -2.13. The van der Waals surface area contributed by atoms with Crippen molar-refractivity contribution in [3.05, 3.63) is 38.4 Å². The van der Waals surface area contributed by atoms with E-state index in [0.717, 1.165) is 0 Å². The Labute approximate surface area is 79.0 Å². The van der Waals surface area contributed by atoms with Gasteiger partial charge in [-0.1, -0.05) is 11.6 Å². The van der Waals surface area contributed by atoms with Gasteiger partial charge in [0.15, 0.2) is 11.6 Å². The van der Waals surface area contributed by atoms with Crippen LogP contribution >= 0.6 is 11.6 Å². The molecule has 14 heavy (non-hydrogen) atoms. The Morgan fingerprint density at radius 2 is 1.36 bits per heavy atom. The lowest BCUT2D eigenvalue weighted by molar-refractivity contribution is -0.390. The first kappa shape index (κ1) is 10.7. The number of halogens is 5. The molecule has 1 aromatic rings. The van der Waals surface area contributed by atoms with Gasteiger partial charge in [-0.2, -0.15) is 8.78 Å². The highest BCUT2D eigenvalue weighted by atomic mass is 35.5. The predicted molar refractivity (Wildman–Crippen MR) is 37.9 cm³/mol. The molecular weight excluding hydrogens is 230 g/mol. The van der Waals surface area contributed by atoms with E-state index in [1.54, 1.807) is 0 Å². The molecule has 0 saturated carbocycles. The van der Waals surface area contributed by atoms with E-state index >= 15 is 0 Å². The van der Waals surface area contributed by atoms with Gasteiger partial charge in [-0.3, -0.25) is 10.1 Å². The third-order valence-electron chi connectivity index (χ3n) is 1.37. The van der Waals surface area contributed by atoms with Crippen LogP contribution in [0.4, 0.5) is 23.2 Å². The number of nitrogens with zero attached hydrogens (tertiary/aromatic N) is 1. The van der Waals surface area contributed by atoms with Crippen LogP contribution < -0.4 is 0 Å². The summed E-state index contributed by atoms with van der Waals surface area (Å²) < 4.78 is 50.4. The van der Waals surface area contributed by atoms with Crippen molar-refractivity contribution < 1.29 is 22.5 Å². The molecule has 1 aromatic carbocycles. The quantitative estimate of drug-likeness (QED) is 0.244. The van der Waals surface area contributed by atoms with Gasteiger partial charge in [-0.25, -0.2) is 8.78 Å². The Morgan fingerprint density at radius 3 is 1.64 bits per heavy atom. The van der Waals surface area contributed by atoms with Crippen LogP contribution in [0, 0.1) is 33.4 Å². The first-order chi connectivity index (χ1) is 6.37. The molecule has 0 spiro atoms. The molecule has 76 valence electrons. The van der Waals surface area contributed by atoms with Crippen LogP contribution in [0.3, 0.4) is 0 Å². The number of hydrogen-bond donors (Lipinski definition) is 0. The van der Waals surface area contributed by atoms with E-state index < -0.39 is 38.9 Å². The van der Waals surface area contributed by atoms with Crippen LogP contribution in [0.25, 0.3) is 0 Å². The number of rotatable bonds is 1. The molecule has 1 rings (SSSR count). The molecule has 0 heterocycles. The van der Waals surface area contributed by atoms with Crippen LogP contribution in [0.15, 0.2) is 0 Å². The van der Waals surface area contributed by atoms with E-state index in [0.29, 0.717) is 0 Å². The van der Waals surface area contributed by atoms with Crippen molar-refractivity contribution in [3.8, 4) is 0 Å². The molecular formula is C6ClF4NO2. The first-order valence-electron chi connectivity index (χ1n) is 3.03. The van der Waals surface area contributed by atoms with E-state index in [9.17, 15) is 27.7 Å². The molecule has 0 aliphatic heterocycles. The van der Waals surface area contributed by atoms with Crippen molar-refractivity contribution in [1.29, 1.82) is 0 Å². The topological polar surface area (TPSA) is 43.1 Å². The molecule has 8 heteroatoms. The standard InChI is InChI=1S/C6ClF4NO2/c7-1-2(8)4(10)6(12(13)14)5(11)3(1)9. The first-order valence-corrected chi connectivity index (χ1v) is 3.41. The molecule has 0 radical (unpaired) electrons. The Hall–Kier alpha value is -1.37. The smallest absolute Gasteiger partial charge is 0.258 e. The maximum Gasteiger partial charge on any atom is 0.346 e. The number of benzene rings is 1. The van der Waals surface area contributed by atoms with Crippen molar-refractivity contribution >= 4 is 17.3 Å². The maximum absolute atomic E-state index is 12.6. The summed E-state index contributed by atoms with van der Waals surface area (Å²) in [7, 11) is 0. The van der Waals surface area contributed by atoms with Gasteiger partial charge in [-0.05, 0) is 0 Å². The zero-order valence-corrected chi connectivity index (χ0v) is 6.91. The molecule has 0 amide bonds. The normalized spacial score (nSPS) is 10.4. The fourth-order valence-electron chi connectivity index (χ4n) is 0.754. The highest BCUT2D eigenvalue weighted by Gasteiger charge is 2.32. The average Bonchev–Trinajstić information content (AvgIpc) is 2.11. The third-order valence-corrected chi connectivity index (χ3v) is 1.70. The van der Waals surface area contributed by atoms with Gasteiger partial charge in [-0.15, -0.1) is 0 Å². The summed E-state index contributed by atoms with van der Waals surface area (Å²) >= 11 is 4.81. The number of hydrogen-bond acceptors (Lipinski definition) is 2. The van der Waals surface area contributed by atoms with Gasteiger partial charge in [0.05, 0.1) is 4.92 Å². The van der Waals surface area contributed by atoms with Crippen LogP contribution in [-0.2, 0) is 0 Å². The van der Waals surface area contributed by atoms with Crippen molar-refractivity contribution in [2.45, 2.75) is 0 Å². The Balaban J connectivity index is 3.68. The average molecular weight is 230 g/mol. The molecule has 0 saturated heterocycles. The fourth-order valence-corrected chi connectivity index (χ4v) is 0.920. The Kier molecular flexibility index (Phi) is 2.61. The zero-order valence-electron chi connectivity index (χ0n) is 6.15. The van der Waals surface area contributed by atoms with Gasteiger partial charge in [0.25, 0.3) is 0 Å². The van der Waals surface area contributed by atoms with Crippen LogP contribution in [-0.4, -0.2) is 4.92 Å². The molecule has 0 aliphatic carbocycles. The zero-order chi connectivity index (χ0) is 11.0. The second-order valence-corrected chi connectivity index (χ2v) is 2.55. The Morgan fingerprint density at radius 1 is 1.00 bits per heavy atom. The fraction of sp³-hybridized carbons (Fsp3) is 0. The second kappa shape index (κ2) is 3.41. The summed E-state index contributed by atoms with van der Waals surface area (Å²) in [6.45, 7) is 0. The lowest BCUT2D eigenvalue weighted by atomic mass is 10.2. The van der Waals surface area contributed by atoms with Crippen LogP contribution in [0.1, 0.15) is 0 Å². The van der Waals surface area contributed by atoms with E-state index in [1.807, 2.05) is 0 Å². The van der Waals surface area contributed by atoms with E-state index in [2.05, 4.69) is 0 Å². The largest absolute Gasteiger partial charge is 0.346 e. The SMILES string of the molecule is O=[N+]([O-])c1c(F)c(F)c(Cl)c(F)c1F. The molecule has 0 aliphatic rings. The molecule has 0 unspecified atom stereocenters. The minimum absolute atomic E-state index is 1.45. The molecule has 0 aromatic heterocycles. The highest BCUT2D eigenvalue weighted by Crippen LogP contribution is 2.31. The monoisotopic (exact) mass is 229 g/mol. The van der Waals surface area contributed by atoms with Crippen LogP contribution in [0.2, 0.25) is 5.02 Å². The van der Waals surface area contributed by atoms with Crippen molar-refractivity contribution in [1.82, 2.24) is 0 Å². The molecule has 0 N–H and O–H groups in total. The molecule has 3 nitrogen and oxygen atoms in total.